The smallest absolute Gasteiger partial charge is 0.404 e. The summed E-state index contributed by atoms with van der Waals surface area (Å²) >= 11 is 0. The van der Waals surface area contributed by atoms with Gasteiger partial charge in [-0.05, 0) is 26.0 Å². The fourth-order valence-corrected chi connectivity index (χ4v) is 3.72. The Labute approximate surface area is 177 Å². The van der Waals surface area contributed by atoms with Crippen LogP contribution < -0.4 is 15.8 Å². The van der Waals surface area contributed by atoms with Gasteiger partial charge in [0.25, 0.3) is 5.91 Å². The minimum Gasteiger partial charge on any atom is -0.489 e. The van der Waals surface area contributed by atoms with Gasteiger partial charge in [0.15, 0.2) is 0 Å². The summed E-state index contributed by atoms with van der Waals surface area (Å²) in [5.74, 6) is 0.462. The predicted molar refractivity (Wildman–Crippen MR) is 110 cm³/mol. The van der Waals surface area contributed by atoms with Crippen molar-refractivity contribution in [1.29, 1.82) is 5.26 Å². The highest BCUT2D eigenvalue weighted by atomic mass is 16.5. The number of nitrogens with two attached hydrogens (primary N) is 1. The number of nitriles is 1. The van der Waals surface area contributed by atoms with Gasteiger partial charge in [-0.1, -0.05) is 0 Å². The van der Waals surface area contributed by atoms with E-state index in [0.29, 0.717) is 47.0 Å². The number of benzene rings is 1. The van der Waals surface area contributed by atoms with Crippen LogP contribution in [0.1, 0.15) is 41.1 Å². The first-order valence-electron chi connectivity index (χ1n) is 9.78. The van der Waals surface area contributed by atoms with E-state index in [-0.39, 0.29) is 25.2 Å². The molecule has 0 aliphatic carbocycles. The maximum Gasteiger partial charge on any atom is 0.404 e. The van der Waals surface area contributed by atoms with Crippen LogP contribution in [-0.2, 0) is 11.3 Å². The third-order valence-corrected chi connectivity index (χ3v) is 5.03. The molecule has 160 valence electrons. The molecule has 4 rings (SSSR count). The molecule has 2 aromatic heterocycles. The maximum absolute atomic E-state index is 13.0. The van der Waals surface area contributed by atoms with E-state index >= 15 is 0 Å². The van der Waals surface area contributed by atoms with Crippen molar-refractivity contribution in [3.05, 3.63) is 35.2 Å². The van der Waals surface area contributed by atoms with Crippen molar-refractivity contribution in [2.45, 2.75) is 32.9 Å². The number of aromatic nitrogens is 4. The van der Waals surface area contributed by atoms with Crippen LogP contribution in [-0.4, -0.2) is 44.5 Å². The highest BCUT2D eigenvalue weighted by Crippen LogP contribution is 2.38. The van der Waals surface area contributed by atoms with Gasteiger partial charge in [0, 0.05) is 19.0 Å². The van der Waals surface area contributed by atoms with Crippen LogP contribution in [0, 0.1) is 18.3 Å². The number of imidazole rings is 1. The monoisotopic (exact) mass is 423 g/mol. The molecule has 0 unspecified atom stereocenters. The van der Waals surface area contributed by atoms with E-state index in [1.54, 1.807) is 22.9 Å². The van der Waals surface area contributed by atoms with E-state index in [9.17, 15) is 14.9 Å². The number of nitrogens with zero attached hydrogens (tertiary/aromatic N) is 5. The first-order valence-corrected chi connectivity index (χ1v) is 9.78. The van der Waals surface area contributed by atoms with Crippen molar-refractivity contribution in [1.82, 2.24) is 19.3 Å². The van der Waals surface area contributed by atoms with E-state index in [0.717, 1.165) is 5.69 Å². The maximum atomic E-state index is 13.0. The summed E-state index contributed by atoms with van der Waals surface area (Å²) in [6.07, 6.45) is -0.453. The van der Waals surface area contributed by atoms with Crippen molar-refractivity contribution in [2.24, 2.45) is 5.73 Å². The van der Waals surface area contributed by atoms with E-state index in [1.807, 2.05) is 18.4 Å². The van der Waals surface area contributed by atoms with Crippen LogP contribution in [0.4, 0.5) is 10.7 Å². The molecular formula is C20H21N7O4. The van der Waals surface area contributed by atoms with Crippen molar-refractivity contribution in [3.8, 4) is 11.8 Å². The molecule has 0 saturated carbocycles. The Morgan fingerprint density at radius 3 is 2.94 bits per heavy atom. The number of carbonyl (C=O) groups is 2. The zero-order valence-corrected chi connectivity index (χ0v) is 17.1. The van der Waals surface area contributed by atoms with E-state index in [2.05, 4.69) is 21.5 Å². The van der Waals surface area contributed by atoms with E-state index in [1.165, 1.54) is 0 Å². The molecular weight excluding hydrogens is 402 g/mol. The number of anilines is 1. The van der Waals surface area contributed by atoms with Gasteiger partial charge < -0.3 is 19.8 Å². The lowest BCUT2D eigenvalue weighted by Crippen LogP contribution is -2.27. The number of amides is 2. The topological polar surface area (TPSA) is 150 Å². The van der Waals surface area contributed by atoms with Crippen molar-refractivity contribution in [2.75, 3.05) is 18.5 Å². The summed E-state index contributed by atoms with van der Waals surface area (Å²) in [5.41, 5.74) is 7.78. The van der Waals surface area contributed by atoms with Crippen molar-refractivity contribution in [3.63, 3.8) is 0 Å². The number of carbonyl (C=O) groups excluding carboxylic acids is 2. The average Bonchev–Trinajstić information content (AvgIpc) is 3.30. The quantitative estimate of drug-likeness (QED) is 0.616. The van der Waals surface area contributed by atoms with Gasteiger partial charge in [-0.15, -0.1) is 0 Å². The molecule has 0 radical (unpaired) electrons. The highest BCUT2D eigenvalue weighted by molar-refractivity contribution is 6.03. The molecule has 3 heterocycles. The number of aryl methyl sites for hydroxylation is 2. The zero-order chi connectivity index (χ0) is 22.1. The molecule has 3 N–H and O–H groups in total. The van der Waals surface area contributed by atoms with Gasteiger partial charge in [0.1, 0.15) is 23.6 Å². The van der Waals surface area contributed by atoms with Gasteiger partial charge in [0.05, 0.1) is 35.5 Å². The number of ether oxygens (including phenoxy) is 2. The molecule has 0 bridgehead atoms. The summed E-state index contributed by atoms with van der Waals surface area (Å²) in [5, 5.41) is 16.5. The van der Waals surface area contributed by atoms with Crippen molar-refractivity contribution >= 4 is 29.0 Å². The summed E-state index contributed by atoms with van der Waals surface area (Å²) in [7, 11) is 0. The molecule has 3 aromatic rings. The normalized spacial score (nSPS) is 14.7. The van der Waals surface area contributed by atoms with Crippen LogP contribution in [0.3, 0.4) is 0 Å². The second kappa shape index (κ2) is 7.98. The van der Waals surface area contributed by atoms with Crippen LogP contribution >= 0.6 is 0 Å². The minimum absolute atomic E-state index is 0.0871. The van der Waals surface area contributed by atoms with Gasteiger partial charge in [-0.2, -0.15) is 10.4 Å². The highest BCUT2D eigenvalue weighted by Gasteiger charge is 2.29. The largest absolute Gasteiger partial charge is 0.489 e. The molecule has 11 heteroatoms. The Balaban J connectivity index is 1.74. The summed E-state index contributed by atoms with van der Waals surface area (Å²) in [6, 6.07) is 6.80. The third kappa shape index (κ3) is 3.75. The van der Waals surface area contributed by atoms with Crippen LogP contribution in [0.5, 0.6) is 5.75 Å². The second-order valence-electron chi connectivity index (χ2n) is 7.12. The summed E-state index contributed by atoms with van der Waals surface area (Å²) in [4.78, 5) is 28.5. The zero-order valence-electron chi connectivity index (χ0n) is 17.1. The fourth-order valence-electron chi connectivity index (χ4n) is 3.72. The first kappa shape index (κ1) is 20.2. The number of hydrogen-bond acceptors (Lipinski definition) is 7. The predicted octanol–water partition coefficient (Wildman–Crippen LogP) is 2.10. The molecule has 31 heavy (non-hydrogen) atoms. The number of nitrogens with one attached hydrogen (secondary N) is 1. The van der Waals surface area contributed by atoms with E-state index in [4.69, 9.17) is 15.2 Å². The van der Waals surface area contributed by atoms with Gasteiger partial charge in [-0.25, -0.2) is 9.78 Å². The number of rotatable bonds is 6. The van der Waals surface area contributed by atoms with E-state index < -0.39 is 6.09 Å². The lowest BCUT2D eigenvalue weighted by Gasteiger charge is -2.27. The number of primary amides is 1. The Hall–Kier alpha value is -4.07. The molecule has 0 saturated heterocycles. The number of hydrogen-bond donors (Lipinski definition) is 2. The minimum atomic E-state index is -0.858. The molecule has 1 aliphatic rings. The van der Waals surface area contributed by atoms with Crippen LogP contribution in [0.15, 0.2) is 18.2 Å². The third-order valence-electron chi connectivity index (χ3n) is 5.03. The first-order chi connectivity index (χ1) is 14.9. The van der Waals surface area contributed by atoms with Crippen LogP contribution in [0.25, 0.3) is 11.0 Å². The summed E-state index contributed by atoms with van der Waals surface area (Å²) < 4.78 is 14.2. The molecule has 1 aliphatic heterocycles. The van der Waals surface area contributed by atoms with Gasteiger partial charge in [-0.3, -0.25) is 14.8 Å². The molecule has 0 spiro atoms. The van der Waals surface area contributed by atoms with Gasteiger partial charge >= 0.3 is 6.09 Å². The molecule has 1 atom stereocenters. The van der Waals surface area contributed by atoms with Crippen LogP contribution in [0.2, 0.25) is 0 Å². The Morgan fingerprint density at radius 2 is 2.23 bits per heavy atom. The SMILES string of the molecule is CCn1nc(C)cc1C(=O)Nc1nc2cc(C#N)cc3c2n1[C@@H](CCOC(N)=O)CO3. The Morgan fingerprint density at radius 1 is 1.42 bits per heavy atom. The lowest BCUT2D eigenvalue weighted by atomic mass is 10.1. The second-order valence-corrected chi connectivity index (χ2v) is 7.12. The molecule has 0 fully saturated rings. The molecule has 1 aromatic carbocycles. The average molecular weight is 423 g/mol. The lowest BCUT2D eigenvalue weighted by molar-refractivity contribution is 0.101. The Kier molecular flexibility index (Phi) is 5.21. The molecule has 2 amide bonds. The standard InChI is InChI=1S/C20H21N7O4/c1-3-26-15(6-11(2)25-26)18(28)24-20-23-14-7-12(9-21)8-16-17(14)27(20)13(10-31-16)4-5-30-19(22)29/h6-8,13H,3-5,10H2,1-2H3,(H2,22,29)(H,23,24,28)/t13-/m0/s1. The van der Waals surface area contributed by atoms with Gasteiger partial charge in [0.2, 0.25) is 5.95 Å². The summed E-state index contributed by atoms with van der Waals surface area (Å²) in [6.45, 7) is 4.61. The molecule has 11 nitrogen and oxygen atoms in total. The fraction of sp³-hybridized carbons (Fsp3) is 0.350. The van der Waals surface area contributed by atoms with Crippen molar-refractivity contribution < 1.29 is 19.1 Å². The Bertz CT molecular complexity index is 1220.